The Bertz CT molecular complexity index is 1750. The van der Waals surface area contributed by atoms with Crippen LogP contribution in [-0.2, 0) is 25.6 Å². The summed E-state index contributed by atoms with van der Waals surface area (Å²) in [5.74, 6) is -3.75. The fourth-order valence-corrected chi connectivity index (χ4v) is 8.29. The van der Waals surface area contributed by atoms with Gasteiger partial charge in [0.1, 0.15) is 5.75 Å². The van der Waals surface area contributed by atoms with E-state index in [9.17, 15) is 29.4 Å². The van der Waals surface area contributed by atoms with E-state index in [2.05, 4.69) is 0 Å². The number of amides is 4. The van der Waals surface area contributed by atoms with Gasteiger partial charge >= 0.3 is 0 Å². The Labute approximate surface area is 260 Å². The highest BCUT2D eigenvalue weighted by Gasteiger charge is 2.67. The number of carbonyl (C=O) groups is 4. The van der Waals surface area contributed by atoms with Crippen LogP contribution in [0.1, 0.15) is 36.8 Å². The van der Waals surface area contributed by atoms with Crippen LogP contribution < -0.4 is 9.64 Å². The van der Waals surface area contributed by atoms with Crippen LogP contribution in [0.4, 0.5) is 5.69 Å². The number of phenolic OH excluding ortho intramolecular Hbond substituents is 2. The molecule has 2 saturated heterocycles. The van der Waals surface area contributed by atoms with Crippen LogP contribution >= 0.6 is 0 Å². The number of anilines is 1. The standard InChI is InChI=1S/C36H34N2O7/c1-36-27(33(42)38(35(36)44)22-6-4-3-5-7-22)19-26-24(31(36)21-10-15-29(45-2)28(40)18-21)13-14-25-30(26)34(43)37(32(25)41)17-16-20-8-11-23(39)12-9-20/h3-13,15,18,25-27,30-31,39-40H,14,16-17,19H2,1-2H3. The van der Waals surface area contributed by atoms with Gasteiger partial charge in [-0.15, -0.1) is 0 Å². The van der Waals surface area contributed by atoms with Gasteiger partial charge in [0, 0.05) is 12.5 Å². The molecule has 0 spiro atoms. The molecule has 4 amide bonds. The number of para-hydroxylation sites is 1. The maximum absolute atomic E-state index is 14.4. The van der Waals surface area contributed by atoms with Gasteiger partial charge in [-0.25, -0.2) is 4.90 Å². The third-order valence-corrected chi connectivity index (χ3v) is 10.5. The van der Waals surface area contributed by atoms with Gasteiger partial charge in [-0.05, 0) is 79.6 Å². The van der Waals surface area contributed by atoms with Gasteiger partial charge in [0.2, 0.25) is 23.6 Å². The maximum atomic E-state index is 14.4. The van der Waals surface area contributed by atoms with E-state index in [0.717, 1.165) is 11.1 Å². The number of hydrogen-bond acceptors (Lipinski definition) is 7. The molecule has 2 aliphatic carbocycles. The number of rotatable bonds is 6. The summed E-state index contributed by atoms with van der Waals surface area (Å²) >= 11 is 0. The van der Waals surface area contributed by atoms with Crippen molar-refractivity contribution in [2.75, 3.05) is 18.6 Å². The summed E-state index contributed by atoms with van der Waals surface area (Å²) in [6.45, 7) is 2.04. The van der Waals surface area contributed by atoms with Crippen LogP contribution in [0.15, 0.2) is 84.4 Å². The van der Waals surface area contributed by atoms with Gasteiger partial charge < -0.3 is 14.9 Å². The number of methoxy groups -OCH3 is 1. The zero-order chi connectivity index (χ0) is 31.6. The quantitative estimate of drug-likeness (QED) is 0.311. The zero-order valence-electron chi connectivity index (χ0n) is 25.1. The summed E-state index contributed by atoms with van der Waals surface area (Å²) in [6, 6.07) is 20.6. The number of fused-ring (bicyclic) bond motifs is 4. The minimum absolute atomic E-state index is 0.0872. The first-order chi connectivity index (χ1) is 21.6. The number of ether oxygens (including phenoxy) is 1. The minimum Gasteiger partial charge on any atom is -0.508 e. The summed E-state index contributed by atoms with van der Waals surface area (Å²) in [7, 11) is 1.46. The predicted octanol–water partition coefficient (Wildman–Crippen LogP) is 4.58. The van der Waals surface area contributed by atoms with Crippen molar-refractivity contribution in [3.63, 3.8) is 0 Å². The maximum Gasteiger partial charge on any atom is 0.241 e. The van der Waals surface area contributed by atoms with Crippen molar-refractivity contribution in [1.82, 2.24) is 4.90 Å². The lowest BCUT2D eigenvalue weighted by atomic mass is 9.51. The fraction of sp³-hybridized carbons (Fsp3) is 0.333. The van der Waals surface area contributed by atoms with Crippen molar-refractivity contribution in [2.24, 2.45) is 29.1 Å². The first-order valence-corrected chi connectivity index (χ1v) is 15.3. The average molecular weight is 607 g/mol. The molecule has 0 bridgehead atoms. The molecule has 2 N–H and O–H groups in total. The van der Waals surface area contributed by atoms with Gasteiger partial charge in [-0.2, -0.15) is 0 Å². The molecule has 9 nitrogen and oxygen atoms in total. The number of phenols is 2. The number of aromatic hydroxyl groups is 2. The molecule has 3 fully saturated rings. The molecule has 6 atom stereocenters. The topological polar surface area (TPSA) is 124 Å². The number of carbonyl (C=O) groups excluding carboxylic acids is 4. The molecule has 1 saturated carbocycles. The van der Waals surface area contributed by atoms with Crippen LogP contribution in [0.25, 0.3) is 0 Å². The summed E-state index contributed by atoms with van der Waals surface area (Å²) in [6.07, 6.45) is 3.06. The minimum atomic E-state index is -1.19. The van der Waals surface area contributed by atoms with Crippen molar-refractivity contribution in [3.8, 4) is 17.2 Å². The first kappa shape index (κ1) is 28.8. The zero-order valence-corrected chi connectivity index (χ0v) is 25.1. The van der Waals surface area contributed by atoms with Crippen molar-refractivity contribution in [3.05, 3.63) is 95.6 Å². The van der Waals surface area contributed by atoms with Crippen molar-refractivity contribution in [2.45, 2.75) is 32.1 Å². The molecule has 7 rings (SSSR count). The summed E-state index contributed by atoms with van der Waals surface area (Å²) in [4.78, 5) is 59.0. The third kappa shape index (κ3) is 4.28. The fourth-order valence-electron chi connectivity index (χ4n) is 8.29. The number of nitrogens with zero attached hydrogens (tertiary/aromatic N) is 2. The van der Waals surface area contributed by atoms with Gasteiger partial charge in [0.25, 0.3) is 0 Å². The van der Waals surface area contributed by atoms with Crippen LogP contribution in [0, 0.1) is 29.1 Å². The van der Waals surface area contributed by atoms with Gasteiger partial charge in [0.05, 0.1) is 36.0 Å². The molecule has 0 aromatic heterocycles. The Hall–Kier alpha value is -4.92. The monoisotopic (exact) mass is 606 g/mol. The molecule has 4 aliphatic rings. The number of likely N-dealkylation sites (tertiary alicyclic amines) is 1. The number of hydrogen-bond donors (Lipinski definition) is 2. The van der Waals surface area contributed by atoms with E-state index in [4.69, 9.17) is 4.74 Å². The summed E-state index contributed by atoms with van der Waals surface area (Å²) in [5, 5.41) is 20.4. The molecule has 230 valence electrons. The molecule has 2 aliphatic heterocycles. The highest BCUT2D eigenvalue weighted by Crippen LogP contribution is 2.63. The van der Waals surface area contributed by atoms with Gasteiger partial charge in [-0.1, -0.05) is 48.0 Å². The van der Waals surface area contributed by atoms with Gasteiger partial charge in [0.15, 0.2) is 11.5 Å². The summed E-state index contributed by atoms with van der Waals surface area (Å²) in [5.41, 5.74) is 1.70. The van der Waals surface area contributed by atoms with Crippen LogP contribution in [-0.4, -0.2) is 52.4 Å². The van der Waals surface area contributed by atoms with Crippen molar-refractivity contribution in [1.29, 1.82) is 0 Å². The molecule has 3 aromatic rings. The van der Waals surface area contributed by atoms with Crippen molar-refractivity contribution < 1.29 is 34.1 Å². The SMILES string of the molecule is COc1ccc(C2C3=CCC4C(=O)N(CCc5ccc(O)cc5)C(=O)C4C3CC3C(=O)N(c4ccccc4)C(=O)C32C)cc1O. The predicted molar refractivity (Wildman–Crippen MR) is 164 cm³/mol. The molecule has 6 unspecified atom stereocenters. The second-order valence-electron chi connectivity index (χ2n) is 12.7. The lowest BCUT2D eigenvalue weighted by Gasteiger charge is -2.49. The van der Waals surface area contributed by atoms with Crippen LogP contribution in [0.2, 0.25) is 0 Å². The molecule has 0 radical (unpaired) electrons. The van der Waals surface area contributed by atoms with E-state index in [1.807, 2.05) is 19.1 Å². The van der Waals surface area contributed by atoms with E-state index in [0.29, 0.717) is 24.1 Å². The normalized spacial score (nSPS) is 28.9. The molecular weight excluding hydrogens is 572 g/mol. The summed E-state index contributed by atoms with van der Waals surface area (Å²) < 4.78 is 5.28. The first-order valence-electron chi connectivity index (χ1n) is 15.3. The Kier molecular flexibility index (Phi) is 6.80. The largest absolute Gasteiger partial charge is 0.508 e. The lowest BCUT2D eigenvalue weighted by molar-refractivity contribution is -0.140. The van der Waals surface area contributed by atoms with E-state index in [1.165, 1.54) is 16.9 Å². The van der Waals surface area contributed by atoms with Gasteiger partial charge in [-0.3, -0.25) is 24.1 Å². The Balaban J connectivity index is 1.29. The van der Waals surface area contributed by atoms with E-state index < -0.39 is 35.0 Å². The second kappa shape index (κ2) is 10.6. The van der Waals surface area contributed by atoms with Crippen molar-refractivity contribution >= 4 is 29.3 Å². The Morgan fingerprint density at radius 1 is 0.889 bits per heavy atom. The Morgan fingerprint density at radius 3 is 2.31 bits per heavy atom. The third-order valence-electron chi connectivity index (χ3n) is 10.5. The number of benzene rings is 3. The smallest absolute Gasteiger partial charge is 0.241 e. The highest BCUT2D eigenvalue weighted by atomic mass is 16.5. The molecule has 3 aromatic carbocycles. The number of imide groups is 2. The average Bonchev–Trinajstić information content (AvgIpc) is 3.40. The lowest BCUT2D eigenvalue weighted by Crippen LogP contribution is -2.48. The second-order valence-corrected chi connectivity index (χ2v) is 12.7. The van der Waals surface area contributed by atoms with Crippen LogP contribution in [0.3, 0.4) is 0 Å². The molecule has 9 heteroatoms. The van der Waals surface area contributed by atoms with E-state index >= 15 is 0 Å². The molecule has 2 heterocycles. The van der Waals surface area contributed by atoms with E-state index in [-0.39, 0.29) is 53.8 Å². The Morgan fingerprint density at radius 2 is 1.62 bits per heavy atom. The molecular formula is C36H34N2O7. The number of allylic oxidation sites excluding steroid dienone is 2. The van der Waals surface area contributed by atoms with Crippen LogP contribution in [0.5, 0.6) is 17.2 Å². The highest BCUT2D eigenvalue weighted by molar-refractivity contribution is 6.24. The molecule has 45 heavy (non-hydrogen) atoms. The van der Waals surface area contributed by atoms with E-state index in [1.54, 1.807) is 66.7 Å².